The Morgan fingerprint density at radius 1 is 0.767 bits per heavy atom. The van der Waals surface area contributed by atoms with Crippen LogP contribution >= 0.6 is 46.7 Å². The van der Waals surface area contributed by atoms with E-state index in [0.717, 1.165) is 0 Å². The van der Waals surface area contributed by atoms with Gasteiger partial charge in [0.1, 0.15) is 0 Å². The van der Waals surface area contributed by atoms with Crippen molar-refractivity contribution >= 4 is 68.9 Å². The van der Waals surface area contributed by atoms with Crippen molar-refractivity contribution in [3.05, 3.63) is 22.2 Å². The molecule has 0 aliphatic rings. The predicted molar refractivity (Wildman–Crippen MR) is 85.8 cm³/mol. The molecule has 1 aromatic carbocycles. The molecule has 0 amide bonds. The SMILES string of the molecule is O=S([O-])C(F)(F)C(F)(F)Sc1ccc(Cl)c(Cl)c1SC(F)(F)C(F)(F)S(=O)[O-].[Li+].[Li+]. The Kier molecular flexibility index (Phi) is 13.0. The summed E-state index contributed by atoms with van der Waals surface area (Å²) in [5.41, 5.74) is 0. The fourth-order valence-corrected chi connectivity index (χ4v) is 4.58. The topological polar surface area (TPSA) is 80.3 Å². The van der Waals surface area contributed by atoms with Gasteiger partial charge in [0.2, 0.25) is 0 Å². The molecule has 0 spiro atoms. The van der Waals surface area contributed by atoms with Gasteiger partial charge in [0.05, 0.1) is 10.0 Å². The van der Waals surface area contributed by atoms with Crippen molar-refractivity contribution in [1.29, 1.82) is 0 Å². The third kappa shape index (κ3) is 6.93. The minimum atomic E-state index is -5.71. The van der Waals surface area contributed by atoms with E-state index >= 15 is 0 Å². The summed E-state index contributed by atoms with van der Waals surface area (Å²) in [6, 6.07) is 1.06. The first-order valence-electron chi connectivity index (χ1n) is 5.94. The summed E-state index contributed by atoms with van der Waals surface area (Å²) < 4.78 is 149. The van der Waals surface area contributed by atoms with Crippen molar-refractivity contribution in [2.24, 2.45) is 0 Å². The summed E-state index contributed by atoms with van der Waals surface area (Å²) in [4.78, 5) is -2.69. The minimum absolute atomic E-state index is 0. The Morgan fingerprint density at radius 2 is 1.13 bits per heavy atom. The molecule has 1 rings (SSSR count). The van der Waals surface area contributed by atoms with E-state index in [1.807, 2.05) is 0 Å². The Bertz CT molecular complexity index is 820. The Labute approximate surface area is 210 Å². The first kappa shape index (κ1) is 33.5. The second-order valence-corrected chi connectivity index (χ2v) is 9.46. The number of hydrogen-bond donors (Lipinski definition) is 0. The van der Waals surface area contributed by atoms with Crippen molar-refractivity contribution < 1.29 is 90.4 Å². The first-order valence-corrected chi connectivity index (χ1v) is 10.5. The van der Waals surface area contributed by atoms with E-state index in [-0.39, 0.29) is 37.7 Å². The van der Waals surface area contributed by atoms with Crippen LogP contribution in [0.1, 0.15) is 0 Å². The van der Waals surface area contributed by atoms with Gasteiger partial charge in [-0.25, -0.2) is 0 Å². The van der Waals surface area contributed by atoms with Gasteiger partial charge < -0.3 is 9.11 Å². The number of thioether (sulfide) groups is 2. The molecule has 2 atom stereocenters. The second kappa shape index (κ2) is 11.7. The molecule has 0 radical (unpaired) electrons. The van der Waals surface area contributed by atoms with Crippen LogP contribution in [0.15, 0.2) is 21.9 Å². The van der Waals surface area contributed by atoms with E-state index in [1.54, 1.807) is 0 Å². The molecule has 4 nitrogen and oxygen atoms in total. The van der Waals surface area contributed by atoms with Crippen LogP contribution in [0.4, 0.5) is 35.1 Å². The summed E-state index contributed by atoms with van der Waals surface area (Å²) >= 11 is -0.980. The molecule has 0 bridgehead atoms. The molecule has 0 saturated heterocycles. The van der Waals surface area contributed by atoms with Gasteiger partial charge >= 0.3 is 58.7 Å². The Balaban J connectivity index is 0. The maximum Gasteiger partial charge on any atom is 1.00 e. The molecule has 0 aliphatic heterocycles. The molecular weight excluding hydrogens is 549 g/mol. The molecular formula is C10H2Cl2F8Li2O4S4. The minimum Gasteiger partial charge on any atom is -0.768 e. The van der Waals surface area contributed by atoms with Crippen LogP contribution in [-0.2, 0) is 22.2 Å². The largest absolute Gasteiger partial charge is 1.00 e. The summed E-state index contributed by atoms with van der Waals surface area (Å²) in [5, 5.41) is -24.1. The van der Waals surface area contributed by atoms with Crippen molar-refractivity contribution in [1.82, 2.24) is 0 Å². The van der Waals surface area contributed by atoms with Crippen LogP contribution in [0, 0.1) is 0 Å². The van der Waals surface area contributed by atoms with Crippen LogP contribution in [-0.4, -0.2) is 38.5 Å². The first-order chi connectivity index (χ1) is 12.4. The zero-order valence-corrected chi connectivity index (χ0v) is 19.0. The Hall–Kier alpha value is 1.35. The van der Waals surface area contributed by atoms with Crippen molar-refractivity contribution in [3.8, 4) is 0 Å². The van der Waals surface area contributed by atoms with Crippen LogP contribution in [0.3, 0.4) is 0 Å². The molecule has 0 saturated carbocycles. The molecule has 0 fully saturated rings. The van der Waals surface area contributed by atoms with Crippen molar-refractivity contribution in [2.45, 2.75) is 30.8 Å². The smallest absolute Gasteiger partial charge is 0.768 e. The standard InChI is InChI=1S/C10H4Cl2F8O4S4.2Li/c11-3-1-2-4(25-7(13,14)9(17,18)27(21)22)6(5(3)12)26-8(15,16)10(19,20)28(23)24;;/h1-2H,(H,21,22)(H,23,24);;/q;2*+1/p-2. The number of alkyl halides is 8. The van der Waals surface area contributed by atoms with E-state index in [2.05, 4.69) is 0 Å². The zero-order valence-electron chi connectivity index (χ0n) is 14.2. The van der Waals surface area contributed by atoms with Crippen LogP contribution in [0.5, 0.6) is 0 Å². The molecule has 0 N–H and O–H groups in total. The molecule has 20 heteroatoms. The maximum absolute atomic E-state index is 13.7. The number of halogens is 10. The summed E-state index contributed by atoms with van der Waals surface area (Å²) in [6.07, 6.45) is 0. The molecule has 0 aliphatic carbocycles. The van der Waals surface area contributed by atoms with Gasteiger partial charge in [-0.3, -0.25) is 8.42 Å². The van der Waals surface area contributed by atoms with E-state index in [9.17, 15) is 52.6 Å². The van der Waals surface area contributed by atoms with Gasteiger partial charge in [0, 0.05) is 32.0 Å². The average Bonchev–Trinajstić information content (AvgIpc) is 2.53. The molecule has 1 aromatic rings. The van der Waals surface area contributed by atoms with E-state index < -0.39 is 86.5 Å². The van der Waals surface area contributed by atoms with Crippen LogP contribution < -0.4 is 37.7 Å². The predicted octanol–water partition coefficient (Wildman–Crippen LogP) is -0.685. The maximum atomic E-state index is 13.7. The summed E-state index contributed by atoms with van der Waals surface area (Å²) in [7, 11) is 0. The normalized spacial score (nSPS) is 15.1. The second-order valence-electron chi connectivity index (χ2n) is 4.43. The van der Waals surface area contributed by atoms with E-state index in [1.165, 1.54) is 0 Å². The molecule has 0 aromatic heterocycles. The molecule has 162 valence electrons. The van der Waals surface area contributed by atoms with Gasteiger partial charge in [-0.15, -0.1) is 0 Å². The summed E-state index contributed by atoms with van der Waals surface area (Å²) in [6.45, 7) is 0. The fourth-order valence-electron chi connectivity index (χ4n) is 1.27. The summed E-state index contributed by atoms with van der Waals surface area (Å²) in [5.74, 6) is 0. The van der Waals surface area contributed by atoms with Crippen LogP contribution in [0.2, 0.25) is 10.0 Å². The number of hydrogen-bond acceptors (Lipinski definition) is 6. The molecule has 0 heterocycles. The van der Waals surface area contributed by atoms with Crippen molar-refractivity contribution in [2.75, 3.05) is 0 Å². The van der Waals surface area contributed by atoms with Crippen LogP contribution in [0.25, 0.3) is 0 Å². The van der Waals surface area contributed by atoms with Crippen molar-refractivity contribution in [3.63, 3.8) is 0 Å². The molecule has 30 heavy (non-hydrogen) atoms. The van der Waals surface area contributed by atoms with Gasteiger partial charge in [-0.2, -0.15) is 35.1 Å². The third-order valence-corrected chi connectivity index (χ3v) is 7.45. The fraction of sp³-hybridized carbons (Fsp3) is 0.400. The zero-order chi connectivity index (χ0) is 22.3. The monoisotopic (exact) mass is 550 g/mol. The van der Waals surface area contributed by atoms with Gasteiger partial charge in [0.15, 0.2) is 0 Å². The molecule has 2 unspecified atom stereocenters. The number of rotatable bonds is 8. The average molecular weight is 551 g/mol. The Morgan fingerprint density at radius 3 is 1.50 bits per heavy atom. The van der Waals surface area contributed by atoms with Gasteiger partial charge in [-0.05, 0) is 35.7 Å². The van der Waals surface area contributed by atoms with Gasteiger partial charge in [0.25, 0.3) is 0 Å². The third-order valence-electron chi connectivity index (χ3n) is 2.58. The van der Waals surface area contributed by atoms with E-state index in [0.29, 0.717) is 12.1 Å². The van der Waals surface area contributed by atoms with E-state index in [4.69, 9.17) is 23.2 Å². The van der Waals surface area contributed by atoms with Gasteiger partial charge in [-0.1, -0.05) is 23.2 Å². The quantitative estimate of drug-likeness (QED) is 0.185. The number of benzene rings is 1.